The third-order valence-corrected chi connectivity index (χ3v) is 5.46. The van der Waals surface area contributed by atoms with E-state index >= 15 is 0 Å². The van der Waals surface area contributed by atoms with Crippen LogP contribution in [0.1, 0.15) is 25.7 Å². The van der Waals surface area contributed by atoms with Gasteiger partial charge in [-0.2, -0.15) is 0 Å². The Morgan fingerprint density at radius 2 is 1.78 bits per heavy atom. The van der Waals surface area contributed by atoms with Crippen molar-refractivity contribution in [2.24, 2.45) is 11.7 Å². The van der Waals surface area contributed by atoms with Crippen molar-refractivity contribution < 1.29 is 19.1 Å². The molecule has 150 valence electrons. The maximum atomic E-state index is 13.0. The molecule has 2 aliphatic rings. The number of amides is 2. The quantitative estimate of drug-likeness (QED) is 0.819. The molecule has 0 aromatic heterocycles. The standard InChI is InChI=1S/C19H27N3O4.ClH/c1-21(18(23)12-4-5-13(20)8-12)17-6-7-22(19(17)24)14-9-15(25-2)11-16(10-14)26-3;/h9-13,17H,4-8,20H2,1-3H3;1H. The van der Waals surface area contributed by atoms with E-state index in [1.807, 2.05) is 0 Å². The second kappa shape index (κ2) is 8.80. The van der Waals surface area contributed by atoms with E-state index in [0.29, 0.717) is 30.9 Å². The number of halogens is 1. The lowest BCUT2D eigenvalue weighted by Crippen LogP contribution is -2.45. The number of likely N-dealkylation sites (N-methyl/N-ethyl adjacent to an activating group) is 1. The van der Waals surface area contributed by atoms with E-state index in [4.69, 9.17) is 15.2 Å². The molecule has 1 aromatic rings. The van der Waals surface area contributed by atoms with E-state index in [9.17, 15) is 9.59 Å². The molecule has 0 spiro atoms. The summed E-state index contributed by atoms with van der Waals surface area (Å²) in [6, 6.07) is 5.04. The fourth-order valence-electron chi connectivity index (χ4n) is 3.91. The average Bonchev–Trinajstić information content (AvgIpc) is 3.25. The molecule has 2 fully saturated rings. The van der Waals surface area contributed by atoms with Gasteiger partial charge >= 0.3 is 0 Å². The first-order valence-electron chi connectivity index (χ1n) is 9.01. The van der Waals surface area contributed by atoms with Crippen molar-refractivity contribution in [1.29, 1.82) is 0 Å². The van der Waals surface area contributed by atoms with Gasteiger partial charge in [-0.25, -0.2) is 0 Å². The van der Waals surface area contributed by atoms with Crippen LogP contribution >= 0.6 is 12.4 Å². The van der Waals surface area contributed by atoms with Crippen LogP contribution in [-0.2, 0) is 9.59 Å². The molecule has 8 heteroatoms. The molecule has 1 aromatic carbocycles. The summed E-state index contributed by atoms with van der Waals surface area (Å²) in [7, 11) is 4.88. The lowest BCUT2D eigenvalue weighted by molar-refractivity contribution is -0.140. The molecular weight excluding hydrogens is 370 g/mol. The van der Waals surface area contributed by atoms with Crippen LogP contribution in [0.15, 0.2) is 18.2 Å². The molecular formula is C19H28ClN3O4. The molecule has 27 heavy (non-hydrogen) atoms. The number of hydrogen-bond donors (Lipinski definition) is 1. The van der Waals surface area contributed by atoms with Crippen molar-refractivity contribution in [2.75, 3.05) is 32.7 Å². The number of carbonyl (C=O) groups is 2. The van der Waals surface area contributed by atoms with Crippen LogP contribution in [0, 0.1) is 5.92 Å². The van der Waals surface area contributed by atoms with Gasteiger partial charge in [-0.05, 0) is 25.7 Å². The monoisotopic (exact) mass is 397 g/mol. The molecule has 3 rings (SSSR count). The van der Waals surface area contributed by atoms with Crippen LogP contribution in [0.2, 0.25) is 0 Å². The van der Waals surface area contributed by atoms with Gasteiger partial charge in [0.2, 0.25) is 11.8 Å². The number of nitrogens with two attached hydrogens (primary N) is 1. The normalized spacial score (nSPS) is 24.5. The number of benzene rings is 1. The Hall–Kier alpha value is -1.99. The summed E-state index contributed by atoms with van der Waals surface area (Å²) in [5.41, 5.74) is 6.65. The number of anilines is 1. The summed E-state index contributed by atoms with van der Waals surface area (Å²) in [4.78, 5) is 29.0. The molecule has 1 aliphatic heterocycles. The summed E-state index contributed by atoms with van der Waals surface area (Å²) in [5.74, 6) is 1.15. The first-order chi connectivity index (χ1) is 12.4. The van der Waals surface area contributed by atoms with Crippen LogP contribution in [0.4, 0.5) is 5.69 Å². The second-order valence-electron chi connectivity index (χ2n) is 7.08. The highest BCUT2D eigenvalue weighted by Crippen LogP contribution is 2.33. The van der Waals surface area contributed by atoms with Crippen LogP contribution in [0.25, 0.3) is 0 Å². The number of hydrogen-bond acceptors (Lipinski definition) is 5. The van der Waals surface area contributed by atoms with Gasteiger partial charge < -0.3 is 25.0 Å². The average molecular weight is 398 g/mol. The van der Waals surface area contributed by atoms with E-state index in [0.717, 1.165) is 18.5 Å². The fraction of sp³-hybridized carbons (Fsp3) is 0.579. The first-order valence-corrected chi connectivity index (χ1v) is 9.01. The molecule has 3 atom stereocenters. The SMILES string of the molecule is COc1cc(OC)cc(N2CCC(N(C)C(=O)C3CCC(N)C3)C2=O)c1.Cl. The van der Waals surface area contributed by atoms with Crippen LogP contribution in [-0.4, -0.2) is 56.6 Å². The molecule has 1 saturated heterocycles. The molecule has 2 amide bonds. The minimum Gasteiger partial charge on any atom is -0.497 e. The first kappa shape index (κ1) is 21.3. The number of rotatable bonds is 5. The highest BCUT2D eigenvalue weighted by molar-refractivity contribution is 6.01. The smallest absolute Gasteiger partial charge is 0.249 e. The summed E-state index contributed by atoms with van der Waals surface area (Å²) < 4.78 is 10.6. The number of carbonyl (C=O) groups excluding carboxylic acids is 2. The van der Waals surface area contributed by atoms with Crippen molar-refractivity contribution in [2.45, 2.75) is 37.8 Å². The summed E-state index contributed by atoms with van der Waals surface area (Å²) >= 11 is 0. The predicted octanol–water partition coefficient (Wildman–Crippen LogP) is 1.82. The zero-order chi connectivity index (χ0) is 18.8. The van der Waals surface area contributed by atoms with Gasteiger partial charge in [-0.15, -0.1) is 12.4 Å². The molecule has 0 bridgehead atoms. The van der Waals surface area contributed by atoms with Gasteiger partial charge in [0.25, 0.3) is 0 Å². The highest BCUT2D eigenvalue weighted by Gasteiger charge is 2.40. The van der Waals surface area contributed by atoms with Gasteiger partial charge in [-0.1, -0.05) is 0 Å². The van der Waals surface area contributed by atoms with Crippen LogP contribution in [0.5, 0.6) is 11.5 Å². The van der Waals surface area contributed by atoms with Crippen molar-refractivity contribution in [1.82, 2.24) is 4.90 Å². The van der Waals surface area contributed by atoms with Crippen LogP contribution < -0.4 is 20.1 Å². The Labute approximate surface area is 166 Å². The minimum absolute atomic E-state index is 0. The van der Waals surface area contributed by atoms with E-state index in [1.165, 1.54) is 0 Å². The van der Waals surface area contributed by atoms with Gasteiger partial charge in [-0.3, -0.25) is 9.59 Å². The Morgan fingerprint density at radius 3 is 2.30 bits per heavy atom. The fourth-order valence-corrected chi connectivity index (χ4v) is 3.91. The molecule has 1 heterocycles. The molecule has 0 radical (unpaired) electrons. The van der Waals surface area contributed by atoms with Crippen molar-refractivity contribution in [3.05, 3.63) is 18.2 Å². The second-order valence-corrected chi connectivity index (χ2v) is 7.08. The maximum absolute atomic E-state index is 13.0. The summed E-state index contributed by atoms with van der Waals surface area (Å²) in [6.07, 6.45) is 3.00. The van der Waals surface area contributed by atoms with Crippen LogP contribution in [0.3, 0.4) is 0 Å². The Morgan fingerprint density at radius 1 is 1.15 bits per heavy atom. The topological polar surface area (TPSA) is 85.1 Å². The van der Waals surface area contributed by atoms with Gasteiger partial charge in [0.05, 0.1) is 19.9 Å². The largest absolute Gasteiger partial charge is 0.497 e. The molecule has 3 unspecified atom stereocenters. The van der Waals surface area contributed by atoms with E-state index in [1.54, 1.807) is 49.3 Å². The maximum Gasteiger partial charge on any atom is 0.249 e. The van der Waals surface area contributed by atoms with E-state index in [-0.39, 0.29) is 36.2 Å². The lowest BCUT2D eigenvalue weighted by Gasteiger charge is -2.26. The molecule has 1 aliphatic carbocycles. The molecule has 7 nitrogen and oxygen atoms in total. The Balaban J connectivity index is 0.00000261. The Bertz CT molecular complexity index is 677. The number of methoxy groups -OCH3 is 2. The van der Waals surface area contributed by atoms with Crippen molar-refractivity contribution >= 4 is 29.9 Å². The molecule has 2 N–H and O–H groups in total. The zero-order valence-electron chi connectivity index (χ0n) is 16.0. The third-order valence-electron chi connectivity index (χ3n) is 5.46. The van der Waals surface area contributed by atoms with Crippen molar-refractivity contribution in [3.63, 3.8) is 0 Å². The van der Waals surface area contributed by atoms with Gasteiger partial charge in [0.15, 0.2) is 0 Å². The van der Waals surface area contributed by atoms with E-state index in [2.05, 4.69) is 0 Å². The van der Waals surface area contributed by atoms with E-state index < -0.39 is 6.04 Å². The van der Waals surface area contributed by atoms with Crippen molar-refractivity contribution in [3.8, 4) is 11.5 Å². The lowest BCUT2D eigenvalue weighted by atomic mass is 10.0. The summed E-state index contributed by atoms with van der Waals surface area (Å²) in [6.45, 7) is 0.557. The number of nitrogens with zero attached hydrogens (tertiary/aromatic N) is 2. The summed E-state index contributed by atoms with van der Waals surface area (Å²) in [5, 5.41) is 0. The Kier molecular flexibility index (Phi) is 6.95. The zero-order valence-corrected chi connectivity index (χ0v) is 16.8. The molecule has 1 saturated carbocycles. The number of ether oxygens (including phenoxy) is 2. The predicted molar refractivity (Wildman–Crippen MR) is 106 cm³/mol. The minimum atomic E-state index is -0.434. The third kappa shape index (κ3) is 4.30. The van der Waals surface area contributed by atoms with Gasteiger partial charge in [0, 0.05) is 43.8 Å². The van der Waals surface area contributed by atoms with Gasteiger partial charge in [0.1, 0.15) is 17.5 Å². The highest BCUT2D eigenvalue weighted by atomic mass is 35.5.